The maximum Gasteiger partial charge on any atom is 0.224 e. The van der Waals surface area contributed by atoms with Crippen molar-refractivity contribution in [3.63, 3.8) is 0 Å². The van der Waals surface area contributed by atoms with E-state index in [1.165, 1.54) is 6.07 Å². The Bertz CT molecular complexity index is 575. The van der Waals surface area contributed by atoms with Gasteiger partial charge in [-0.3, -0.25) is 0 Å². The molecule has 94 valence electrons. The molecule has 0 bridgehead atoms. The highest BCUT2D eigenvalue weighted by atomic mass is 35.5. The number of aromatic nitrogens is 2. The Kier molecular flexibility index (Phi) is 3.72. The molecule has 0 saturated carbocycles. The van der Waals surface area contributed by atoms with E-state index in [0.29, 0.717) is 17.9 Å². The van der Waals surface area contributed by atoms with Gasteiger partial charge in [-0.1, -0.05) is 6.07 Å². The van der Waals surface area contributed by atoms with Gasteiger partial charge in [0.25, 0.3) is 0 Å². The van der Waals surface area contributed by atoms with Crippen LogP contribution in [-0.2, 0) is 6.54 Å². The van der Waals surface area contributed by atoms with Gasteiger partial charge in [0, 0.05) is 18.3 Å². The summed E-state index contributed by atoms with van der Waals surface area (Å²) in [5.41, 5.74) is 1.44. The molecular weight excluding hydrogens is 260 g/mol. The molecule has 1 aromatic heterocycles. The molecule has 2 rings (SSSR count). The number of nitrogens with zero attached hydrogens (tertiary/aromatic N) is 2. The first-order valence-corrected chi connectivity index (χ1v) is 5.61. The third kappa shape index (κ3) is 2.92. The summed E-state index contributed by atoms with van der Waals surface area (Å²) < 4.78 is 25.7. The van der Waals surface area contributed by atoms with Crippen LogP contribution in [0.2, 0.25) is 5.28 Å². The highest BCUT2D eigenvalue weighted by Gasteiger charge is 2.05. The Balaban J connectivity index is 2.11. The minimum absolute atomic E-state index is 0.133. The van der Waals surface area contributed by atoms with Crippen molar-refractivity contribution < 1.29 is 8.78 Å². The van der Waals surface area contributed by atoms with Crippen molar-refractivity contribution in [2.24, 2.45) is 0 Å². The third-order valence-corrected chi connectivity index (χ3v) is 2.57. The lowest BCUT2D eigenvalue weighted by Crippen LogP contribution is -2.04. The molecule has 0 atom stereocenters. The largest absolute Gasteiger partial charge is 0.366 e. The molecule has 0 aliphatic rings. The minimum Gasteiger partial charge on any atom is -0.366 e. The van der Waals surface area contributed by atoms with Crippen molar-refractivity contribution in [2.75, 3.05) is 5.32 Å². The van der Waals surface area contributed by atoms with Crippen LogP contribution in [0.25, 0.3) is 0 Å². The molecule has 0 unspecified atom stereocenters. The second kappa shape index (κ2) is 5.27. The van der Waals surface area contributed by atoms with E-state index >= 15 is 0 Å². The normalized spacial score (nSPS) is 10.4. The molecule has 1 aromatic carbocycles. The summed E-state index contributed by atoms with van der Waals surface area (Å²) in [5, 5.41) is 3.12. The average Bonchev–Trinajstić information content (AvgIpc) is 2.34. The quantitative estimate of drug-likeness (QED) is 0.869. The van der Waals surface area contributed by atoms with Gasteiger partial charge in [-0.05, 0) is 36.2 Å². The maximum absolute atomic E-state index is 13.0. The number of benzene rings is 1. The summed E-state index contributed by atoms with van der Waals surface area (Å²) in [4.78, 5) is 7.83. The molecule has 1 heterocycles. The van der Waals surface area contributed by atoms with E-state index in [9.17, 15) is 8.78 Å². The number of anilines is 1. The standard InChI is InChI=1S/C12H10ClF2N3/c1-7-5-17-12(13)18-11(7)16-6-8-2-3-9(14)10(15)4-8/h2-5H,6H2,1H3,(H,16,17,18). The summed E-state index contributed by atoms with van der Waals surface area (Å²) in [6, 6.07) is 3.73. The third-order valence-electron chi connectivity index (χ3n) is 2.39. The van der Waals surface area contributed by atoms with Gasteiger partial charge in [0.15, 0.2) is 11.6 Å². The molecule has 18 heavy (non-hydrogen) atoms. The van der Waals surface area contributed by atoms with E-state index in [0.717, 1.165) is 17.7 Å². The zero-order valence-electron chi connectivity index (χ0n) is 9.54. The monoisotopic (exact) mass is 269 g/mol. The van der Waals surface area contributed by atoms with Crippen LogP contribution in [0.1, 0.15) is 11.1 Å². The molecule has 0 fully saturated rings. The van der Waals surface area contributed by atoms with Gasteiger partial charge < -0.3 is 5.32 Å². The van der Waals surface area contributed by atoms with Gasteiger partial charge in [-0.2, -0.15) is 0 Å². The van der Waals surface area contributed by atoms with Crippen molar-refractivity contribution in [3.8, 4) is 0 Å². The summed E-state index contributed by atoms with van der Waals surface area (Å²) in [5.74, 6) is -1.16. The van der Waals surface area contributed by atoms with Crippen molar-refractivity contribution in [1.82, 2.24) is 9.97 Å². The molecule has 6 heteroatoms. The molecule has 0 radical (unpaired) electrons. The van der Waals surface area contributed by atoms with Crippen molar-refractivity contribution in [1.29, 1.82) is 0 Å². The summed E-state index contributed by atoms with van der Waals surface area (Å²) >= 11 is 5.67. The first-order chi connectivity index (χ1) is 8.56. The number of rotatable bonds is 3. The minimum atomic E-state index is -0.869. The Hall–Kier alpha value is -1.75. The van der Waals surface area contributed by atoms with Crippen LogP contribution >= 0.6 is 11.6 Å². The lowest BCUT2D eigenvalue weighted by molar-refractivity contribution is 0.507. The SMILES string of the molecule is Cc1cnc(Cl)nc1NCc1ccc(F)c(F)c1. The van der Waals surface area contributed by atoms with Crippen LogP contribution in [0.5, 0.6) is 0 Å². The molecule has 0 aliphatic carbocycles. The Morgan fingerprint density at radius 1 is 1.28 bits per heavy atom. The van der Waals surface area contributed by atoms with Gasteiger partial charge in [0.1, 0.15) is 5.82 Å². The molecule has 0 saturated heterocycles. The molecule has 0 amide bonds. The Morgan fingerprint density at radius 3 is 2.78 bits per heavy atom. The fourth-order valence-electron chi connectivity index (χ4n) is 1.43. The van der Waals surface area contributed by atoms with Crippen LogP contribution in [0.4, 0.5) is 14.6 Å². The van der Waals surface area contributed by atoms with Gasteiger partial charge >= 0.3 is 0 Å². The average molecular weight is 270 g/mol. The van der Waals surface area contributed by atoms with E-state index in [1.807, 2.05) is 6.92 Å². The number of nitrogens with one attached hydrogen (secondary N) is 1. The van der Waals surface area contributed by atoms with Crippen LogP contribution in [0, 0.1) is 18.6 Å². The van der Waals surface area contributed by atoms with Crippen LogP contribution in [0.3, 0.4) is 0 Å². The lowest BCUT2D eigenvalue weighted by atomic mass is 10.2. The Labute approximate surface area is 108 Å². The van der Waals surface area contributed by atoms with Crippen molar-refractivity contribution >= 4 is 17.4 Å². The van der Waals surface area contributed by atoms with E-state index in [1.54, 1.807) is 6.20 Å². The molecule has 1 N–H and O–H groups in total. The molecule has 2 aromatic rings. The topological polar surface area (TPSA) is 37.8 Å². The van der Waals surface area contributed by atoms with Crippen molar-refractivity contribution in [3.05, 3.63) is 52.4 Å². The number of aryl methyl sites for hydroxylation is 1. The molecule has 3 nitrogen and oxygen atoms in total. The second-order valence-corrected chi connectivity index (χ2v) is 4.11. The molecule has 0 aliphatic heterocycles. The maximum atomic E-state index is 13.0. The van der Waals surface area contributed by atoms with Crippen LogP contribution < -0.4 is 5.32 Å². The second-order valence-electron chi connectivity index (χ2n) is 3.77. The van der Waals surface area contributed by atoms with Gasteiger partial charge in [-0.15, -0.1) is 0 Å². The van der Waals surface area contributed by atoms with E-state index in [-0.39, 0.29) is 5.28 Å². The highest BCUT2D eigenvalue weighted by Crippen LogP contribution is 2.15. The predicted molar refractivity (Wildman–Crippen MR) is 65.5 cm³/mol. The lowest BCUT2D eigenvalue weighted by Gasteiger charge is -2.08. The van der Waals surface area contributed by atoms with Crippen LogP contribution in [-0.4, -0.2) is 9.97 Å². The fraction of sp³-hybridized carbons (Fsp3) is 0.167. The highest BCUT2D eigenvalue weighted by molar-refractivity contribution is 6.28. The van der Waals surface area contributed by atoms with E-state index < -0.39 is 11.6 Å². The zero-order valence-corrected chi connectivity index (χ0v) is 10.3. The van der Waals surface area contributed by atoms with Crippen molar-refractivity contribution in [2.45, 2.75) is 13.5 Å². The van der Waals surface area contributed by atoms with E-state index in [4.69, 9.17) is 11.6 Å². The van der Waals surface area contributed by atoms with Gasteiger partial charge in [0.2, 0.25) is 5.28 Å². The van der Waals surface area contributed by atoms with E-state index in [2.05, 4.69) is 15.3 Å². The predicted octanol–water partition coefficient (Wildman–Crippen LogP) is 3.33. The molecule has 0 spiro atoms. The smallest absolute Gasteiger partial charge is 0.224 e. The first-order valence-electron chi connectivity index (χ1n) is 5.23. The van der Waals surface area contributed by atoms with Gasteiger partial charge in [0.05, 0.1) is 0 Å². The first kappa shape index (κ1) is 12.7. The van der Waals surface area contributed by atoms with Gasteiger partial charge in [-0.25, -0.2) is 18.7 Å². The van der Waals surface area contributed by atoms with Crippen LogP contribution in [0.15, 0.2) is 24.4 Å². The Morgan fingerprint density at radius 2 is 2.06 bits per heavy atom. The summed E-state index contributed by atoms with van der Waals surface area (Å²) in [6.45, 7) is 2.15. The molecular formula is C12H10ClF2N3. The summed E-state index contributed by atoms with van der Waals surface area (Å²) in [6.07, 6.45) is 1.59. The number of hydrogen-bond donors (Lipinski definition) is 1. The fourth-order valence-corrected chi connectivity index (χ4v) is 1.57. The summed E-state index contributed by atoms with van der Waals surface area (Å²) in [7, 11) is 0. The zero-order chi connectivity index (χ0) is 13.1. The number of hydrogen-bond acceptors (Lipinski definition) is 3. The number of halogens is 3.